The summed E-state index contributed by atoms with van der Waals surface area (Å²) in [5, 5.41) is 0. The minimum atomic E-state index is 0.271. The average Bonchev–Trinajstić information content (AvgIpc) is 2.29. The molecule has 1 rings (SSSR count). The number of nitrogens with one attached hydrogen (secondary N) is 1. The van der Waals surface area contributed by atoms with Crippen LogP contribution < -0.4 is 11.3 Å². The van der Waals surface area contributed by atoms with Gasteiger partial charge >= 0.3 is 0 Å². The van der Waals surface area contributed by atoms with Gasteiger partial charge in [-0.15, -0.1) is 0 Å². The van der Waals surface area contributed by atoms with Crippen molar-refractivity contribution >= 4 is 0 Å². The Morgan fingerprint density at radius 1 is 1.17 bits per heavy atom. The maximum atomic E-state index is 5.92. The fourth-order valence-corrected chi connectivity index (χ4v) is 3.71. The van der Waals surface area contributed by atoms with E-state index in [1.165, 1.54) is 19.3 Å². The molecule has 1 aliphatic carbocycles. The van der Waals surface area contributed by atoms with Crippen molar-refractivity contribution in [3.63, 3.8) is 0 Å². The van der Waals surface area contributed by atoms with Crippen molar-refractivity contribution in [2.75, 3.05) is 6.61 Å². The van der Waals surface area contributed by atoms with Gasteiger partial charge in [-0.25, -0.2) is 0 Å². The molecule has 1 fully saturated rings. The second-order valence-electron chi connectivity index (χ2n) is 6.15. The Bertz CT molecular complexity index is 207. The second-order valence-corrected chi connectivity index (χ2v) is 6.15. The van der Waals surface area contributed by atoms with E-state index in [0.717, 1.165) is 31.3 Å². The summed E-state index contributed by atoms with van der Waals surface area (Å²) < 4.78 is 5.92. The van der Waals surface area contributed by atoms with Crippen LogP contribution >= 0.6 is 0 Å². The molecule has 1 saturated carbocycles. The second kappa shape index (κ2) is 8.13. The van der Waals surface area contributed by atoms with E-state index in [0.29, 0.717) is 12.0 Å². The first-order valence-corrected chi connectivity index (χ1v) is 7.70. The van der Waals surface area contributed by atoms with Crippen molar-refractivity contribution in [3.05, 3.63) is 0 Å². The van der Waals surface area contributed by atoms with Crippen molar-refractivity contribution in [2.24, 2.45) is 23.6 Å². The SMILES string of the molecule is CCCC(OCC)C(NN)C1CC(C)CC(C)C1. The highest BCUT2D eigenvalue weighted by Crippen LogP contribution is 2.36. The standard InChI is InChI=1S/C15H32N2O/c1-5-7-14(18-6-2)15(17-16)13-9-11(3)8-12(4)10-13/h11-15,17H,5-10,16H2,1-4H3. The molecule has 18 heavy (non-hydrogen) atoms. The largest absolute Gasteiger partial charge is 0.377 e. The first-order valence-electron chi connectivity index (χ1n) is 7.70. The van der Waals surface area contributed by atoms with Gasteiger partial charge in [-0.2, -0.15) is 0 Å². The average molecular weight is 256 g/mol. The molecule has 0 heterocycles. The lowest BCUT2D eigenvalue weighted by atomic mass is 9.72. The molecule has 1 aliphatic rings. The van der Waals surface area contributed by atoms with Crippen LogP contribution in [0.3, 0.4) is 0 Å². The summed E-state index contributed by atoms with van der Waals surface area (Å²) in [6.07, 6.45) is 6.45. The van der Waals surface area contributed by atoms with Gasteiger partial charge in [-0.05, 0) is 50.4 Å². The molecular formula is C15H32N2O. The van der Waals surface area contributed by atoms with Crippen molar-refractivity contribution < 1.29 is 4.74 Å². The van der Waals surface area contributed by atoms with E-state index in [2.05, 4.69) is 33.1 Å². The van der Waals surface area contributed by atoms with Crippen LogP contribution in [0.1, 0.15) is 59.8 Å². The molecule has 0 aliphatic heterocycles. The van der Waals surface area contributed by atoms with Crippen LogP contribution in [0.2, 0.25) is 0 Å². The lowest BCUT2D eigenvalue weighted by Gasteiger charge is -2.39. The van der Waals surface area contributed by atoms with Crippen LogP contribution in [0.25, 0.3) is 0 Å². The number of hydrogen-bond acceptors (Lipinski definition) is 3. The summed E-state index contributed by atoms with van der Waals surface area (Å²) in [5.74, 6) is 8.13. The van der Waals surface area contributed by atoms with E-state index in [9.17, 15) is 0 Å². The topological polar surface area (TPSA) is 47.3 Å². The highest BCUT2D eigenvalue weighted by atomic mass is 16.5. The zero-order valence-corrected chi connectivity index (χ0v) is 12.6. The van der Waals surface area contributed by atoms with Crippen LogP contribution in [-0.4, -0.2) is 18.8 Å². The third-order valence-corrected chi connectivity index (χ3v) is 4.27. The Kier molecular flexibility index (Phi) is 7.20. The first kappa shape index (κ1) is 15.9. The molecule has 0 amide bonds. The Balaban J connectivity index is 2.66. The fourth-order valence-electron chi connectivity index (χ4n) is 3.71. The molecule has 4 atom stereocenters. The van der Waals surface area contributed by atoms with Crippen molar-refractivity contribution in [1.29, 1.82) is 0 Å². The van der Waals surface area contributed by atoms with Crippen LogP contribution in [0.4, 0.5) is 0 Å². The molecule has 0 aromatic carbocycles. The maximum absolute atomic E-state index is 5.92. The maximum Gasteiger partial charge on any atom is 0.0743 e. The van der Waals surface area contributed by atoms with Gasteiger partial charge in [0.25, 0.3) is 0 Å². The van der Waals surface area contributed by atoms with E-state index >= 15 is 0 Å². The molecule has 3 nitrogen and oxygen atoms in total. The van der Waals surface area contributed by atoms with Crippen LogP contribution in [0.5, 0.6) is 0 Å². The van der Waals surface area contributed by atoms with Gasteiger partial charge < -0.3 is 4.74 Å². The molecular weight excluding hydrogens is 224 g/mol. The highest BCUT2D eigenvalue weighted by molar-refractivity contribution is 4.87. The number of hydrogen-bond donors (Lipinski definition) is 2. The Morgan fingerprint density at radius 2 is 1.78 bits per heavy atom. The third-order valence-electron chi connectivity index (χ3n) is 4.27. The smallest absolute Gasteiger partial charge is 0.0743 e. The van der Waals surface area contributed by atoms with Gasteiger partial charge in [-0.1, -0.05) is 27.2 Å². The highest BCUT2D eigenvalue weighted by Gasteiger charge is 2.33. The zero-order valence-electron chi connectivity index (χ0n) is 12.6. The summed E-state index contributed by atoms with van der Waals surface area (Å²) in [5.41, 5.74) is 3.06. The zero-order chi connectivity index (χ0) is 13.5. The lowest BCUT2D eigenvalue weighted by Crippen LogP contribution is -2.51. The number of ether oxygens (including phenoxy) is 1. The van der Waals surface area contributed by atoms with E-state index in [4.69, 9.17) is 10.6 Å². The van der Waals surface area contributed by atoms with Gasteiger partial charge in [-0.3, -0.25) is 11.3 Å². The van der Waals surface area contributed by atoms with Gasteiger partial charge in [0.05, 0.1) is 12.1 Å². The molecule has 0 saturated heterocycles. The van der Waals surface area contributed by atoms with Gasteiger partial charge in [0.2, 0.25) is 0 Å². The van der Waals surface area contributed by atoms with Gasteiger partial charge in [0, 0.05) is 6.61 Å². The third kappa shape index (κ3) is 4.52. The predicted octanol–water partition coefficient (Wildman–Crippen LogP) is 3.10. The summed E-state index contributed by atoms with van der Waals surface area (Å²) in [6, 6.07) is 0.315. The molecule has 0 bridgehead atoms. The van der Waals surface area contributed by atoms with Crippen LogP contribution in [-0.2, 0) is 4.74 Å². The molecule has 0 aromatic rings. The van der Waals surface area contributed by atoms with Gasteiger partial charge in [0.1, 0.15) is 0 Å². The summed E-state index contributed by atoms with van der Waals surface area (Å²) >= 11 is 0. The summed E-state index contributed by atoms with van der Waals surface area (Å²) in [4.78, 5) is 0. The molecule has 3 heteroatoms. The Hall–Kier alpha value is -0.120. The molecule has 0 radical (unpaired) electrons. The lowest BCUT2D eigenvalue weighted by molar-refractivity contribution is -0.00159. The number of rotatable bonds is 7. The van der Waals surface area contributed by atoms with E-state index in [-0.39, 0.29) is 6.10 Å². The number of hydrazine groups is 1. The fraction of sp³-hybridized carbons (Fsp3) is 1.00. The van der Waals surface area contributed by atoms with E-state index in [1.807, 2.05) is 0 Å². The summed E-state index contributed by atoms with van der Waals surface area (Å²) in [6.45, 7) is 9.80. The quantitative estimate of drug-likeness (QED) is 0.543. The first-order chi connectivity index (χ1) is 8.62. The van der Waals surface area contributed by atoms with E-state index < -0.39 is 0 Å². The number of nitrogens with two attached hydrogens (primary N) is 1. The monoisotopic (exact) mass is 256 g/mol. The van der Waals surface area contributed by atoms with E-state index in [1.54, 1.807) is 0 Å². The normalized spacial score (nSPS) is 32.2. The minimum Gasteiger partial charge on any atom is -0.377 e. The van der Waals surface area contributed by atoms with Crippen molar-refractivity contribution in [1.82, 2.24) is 5.43 Å². The Labute approximate surface area is 113 Å². The van der Waals surface area contributed by atoms with Crippen LogP contribution in [0, 0.1) is 17.8 Å². The Morgan fingerprint density at radius 3 is 2.22 bits per heavy atom. The minimum absolute atomic E-state index is 0.271. The molecule has 108 valence electrons. The van der Waals surface area contributed by atoms with Gasteiger partial charge in [0.15, 0.2) is 0 Å². The molecule has 0 spiro atoms. The van der Waals surface area contributed by atoms with Crippen molar-refractivity contribution in [3.8, 4) is 0 Å². The molecule has 3 N–H and O–H groups in total. The van der Waals surface area contributed by atoms with Crippen LogP contribution in [0.15, 0.2) is 0 Å². The molecule has 4 unspecified atom stereocenters. The van der Waals surface area contributed by atoms with Crippen molar-refractivity contribution in [2.45, 2.75) is 71.9 Å². The summed E-state index contributed by atoms with van der Waals surface area (Å²) in [7, 11) is 0. The predicted molar refractivity (Wildman–Crippen MR) is 77.1 cm³/mol. The molecule has 0 aromatic heterocycles.